The molecule has 0 heterocycles. The molecule has 0 amide bonds. The van der Waals surface area contributed by atoms with Crippen LogP contribution in [0.3, 0.4) is 0 Å². The molecule has 0 aliphatic carbocycles. The van der Waals surface area contributed by atoms with Gasteiger partial charge in [0.15, 0.2) is 0 Å². The van der Waals surface area contributed by atoms with Gasteiger partial charge in [-0.25, -0.2) is 4.79 Å². The van der Waals surface area contributed by atoms with E-state index in [4.69, 9.17) is 9.39 Å². The van der Waals surface area contributed by atoms with Crippen LogP contribution in [0.1, 0.15) is 19.8 Å². The van der Waals surface area contributed by atoms with Crippen LogP contribution < -0.4 is 0 Å². The minimum atomic E-state index is -3.97. The Hall–Kier alpha value is -0.920. The Labute approximate surface area is 102 Å². The van der Waals surface area contributed by atoms with Crippen LogP contribution in [0.4, 0.5) is 0 Å². The molecule has 100 valence electrons. The molecule has 0 saturated carbocycles. The van der Waals surface area contributed by atoms with Crippen molar-refractivity contribution in [3.05, 3.63) is 12.7 Å². The quantitative estimate of drug-likeness (QED) is 0.304. The summed E-state index contributed by atoms with van der Waals surface area (Å²) in [5, 5.41) is 0. The van der Waals surface area contributed by atoms with E-state index in [9.17, 15) is 13.2 Å². The van der Waals surface area contributed by atoms with Crippen LogP contribution in [0.25, 0.3) is 0 Å². The highest BCUT2D eigenvalue weighted by molar-refractivity contribution is 7.85. The number of carbonyl (C=O) groups excluding carboxylic acids is 1. The number of carbonyl (C=O) groups is 1. The molecule has 6 nitrogen and oxygen atoms in total. The molecule has 0 aromatic heterocycles. The molecule has 0 rings (SSSR count). The van der Waals surface area contributed by atoms with Crippen LogP contribution >= 0.6 is 0 Å². The van der Waals surface area contributed by atoms with Gasteiger partial charge in [-0.05, 0) is 6.42 Å². The Balaban J connectivity index is 4.40. The predicted molar refractivity (Wildman–Crippen MR) is 63.5 cm³/mol. The van der Waals surface area contributed by atoms with E-state index in [1.54, 1.807) is 7.05 Å². The zero-order valence-electron chi connectivity index (χ0n) is 10.3. The SMILES string of the molecule is C=CC(=O)O[N+](C)(CCC)CCCS(=O)(=O)O. The lowest BCUT2D eigenvalue weighted by Gasteiger charge is -2.29. The molecular weight excluding hydrogens is 246 g/mol. The van der Waals surface area contributed by atoms with Gasteiger partial charge in [0.1, 0.15) is 20.1 Å². The first-order chi connectivity index (χ1) is 7.72. The lowest BCUT2D eigenvalue weighted by Crippen LogP contribution is -2.47. The molecule has 0 aliphatic rings. The summed E-state index contributed by atoms with van der Waals surface area (Å²) in [7, 11) is -2.28. The third-order valence-corrected chi connectivity index (χ3v) is 3.01. The molecule has 0 radical (unpaired) electrons. The van der Waals surface area contributed by atoms with Crippen LogP contribution in [0.15, 0.2) is 12.7 Å². The van der Waals surface area contributed by atoms with Gasteiger partial charge in [0, 0.05) is 12.5 Å². The number of hydroxylamine groups is 3. The standard InChI is InChI=1S/C10H19NO5S/c1-4-7-11(3,16-10(12)5-2)8-6-9-17(13,14)15/h5H,2,4,6-9H2,1,3H3/p+1. The van der Waals surface area contributed by atoms with E-state index in [-0.39, 0.29) is 16.8 Å². The minimum absolute atomic E-state index is 0.0170. The Morgan fingerprint density at radius 3 is 2.47 bits per heavy atom. The molecule has 0 aromatic rings. The lowest BCUT2D eigenvalue weighted by atomic mass is 10.4. The summed E-state index contributed by atoms with van der Waals surface area (Å²) in [5.41, 5.74) is 0. The third kappa shape index (κ3) is 7.89. The lowest BCUT2D eigenvalue weighted by molar-refractivity contribution is -1.07. The fourth-order valence-electron chi connectivity index (χ4n) is 1.51. The molecule has 7 heteroatoms. The normalized spacial score (nSPS) is 15.0. The van der Waals surface area contributed by atoms with Crippen molar-refractivity contribution in [3.63, 3.8) is 0 Å². The van der Waals surface area contributed by atoms with Gasteiger partial charge in [-0.2, -0.15) is 8.42 Å². The van der Waals surface area contributed by atoms with Gasteiger partial charge in [-0.3, -0.25) is 9.39 Å². The molecule has 0 fully saturated rings. The average Bonchev–Trinajstić information content (AvgIpc) is 2.15. The Kier molecular flexibility index (Phi) is 6.36. The molecule has 17 heavy (non-hydrogen) atoms. The largest absolute Gasteiger partial charge is 0.389 e. The maximum Gasteiger partial charge on any atom is 0.389 e. The first-order valence-electron chi connectivity index (χ1n) is 5.38. The Morgan fingerprint density at radius 1 is 1.47 bits per heavy atom. The van der Waals surface area contributed by atoms with Crippen molar-refractivity contribution in [2.24, 2.45) is 0 Å². The van der Waals surface area contributed by atoms with E-state index in [2.05, 4.69) is 6.58 Å². The maximum absolute atomic E-state index is 11.1. The van der Waals surface area contributed by atoms with Crippen LogP contribution in [-0.4, -0.2) is 49.5 Å². The highest BCUT2D eigenvalue weighted by Gasteiger charge is 2.26. The second-order valence-electron chi connectivity index (χ2n) is 4.00. The van der Waals surface area contributed by atoms with Gasteiger partial charge in [0.25, 0.3) is 10.1 Å². The second-order valence-corrected chi connectivity index (χ2v) is 5.57. The molecule has 1 atom stereocenters. The number of rotatable bonds is 8. The van der Waals surface area contributed by atoms with Crippen LogP contribution in [0.5, 0.6) is 0 Å². The van der Waals surface area contributed by atoms with Gasteiger partial charge in [-0.15, -0.1) is 4.65 Å². The number of hydrogen-bond acceptors (Lipinski definition) is 4. The van der Waals surface area contributed by atoms with Gasteiger partial charge in [-0.1, -0.05) is 13.5 Å². The highest BCUT2D eigenvalue weighted by atomic mass is 32.2. The molecule has 0 saturated heterocycles. The van der Waals surface area contributed by atoms with Crippen molar-refractivity contribution < 1.29 is 27.2 Å². The topological polar surface area (TPSA) is 80.7 Å². The zero-order valence-corrected chi connectivity index (χ0v) is 11.1. The highest BCUT2D eigenvalue weighted by Crippen LogP contribution is 2.09. The first-order valence-corrected chi connectivity index (χ1v) is 6.99. The number of hydrogen-bond donors (Lipinski definition) is 1. The molecule has 0 aliphatic heterocycles. The minimum Gasteiger partial charge on any atom is -0.286 e. The summed E-state index contributed by atoms with van der Waals surface area (Å²) in [6.07, 6.45) is 2.07. The molecular formula is C10H20NO5S+. The van der Waals surface area contributed by atoms with Crippen molar-refractivity contribution in [1.82, 2.24) is 0 Å². The van der Waals surface area contributed by atoms with Gasteiger partial charge in [0.05, 0.1) is 5.75 Å². The van der Waals surface area contributed by atoms with E-state index < -0.39 is 16.1 Å². The van der Waals surface area contributed by atoms with Crippen LogP contribution in [0.2, 0.25) is 0 Å². The molecule has 1 N–H and O–H groups in total. The average molecular weight is 266 g/mol. The smallest absolute Gasteiger partial charge is 0.286 e. The molecule has 0 aromatic carbocycles. The molecule has 1 unspecified atom stereocenters. The summed E-state index contributed by atoms with van der Waals surface area (Å²) >= 11 is 0. The van der Waals surface area contributed by atoms with Gasteiger partial charge < -0.3 is 0 Å². The fourth-order valence-corrected chi connectivity index (χ4v) is 2.01. The summed E-state index contributed by atoms with van der Waals surface area (Å²) < 4.78 is 29.8. The van der Waals surface area contributed by atoms with Crippen molar-refractivity contribution in [3.8, 4) is 0 Å². The Morgan fingerprint density at radius 2 is 2.06 bits per heavy atom. The van der Waals surface area contributed by atoms with E-state index in [0.29, 0.717) is 13.1 Å². The second kappa shape index (κ2) is 6.73. The fraction of sp³-hybridized carbons (Fsp3) is 0.700. The van der Waals surface area contributed by atoms with Crippen molar-refractivity contribution in [2.75, 3.05) is 25.9 Å². The summed E-state index contributed by atoms with van der Waals surface area (Å²) in [4.78, 5) is 16.3. The van der Waals surface area contributed by atoms with Crippen molar-refractivity contribution in [1.29, 1.82) is 0 Å². The zero-order chi connectivity index (χ0) is 13.5. The summed E-state index contributed by atoms with van der Waals surface area (Å²) in [5.74, 6) is -0.885. The predicted octanol–water partition coefficient (Wildman–Crippen LogP) is 0.765. The third-order valence-electron chi connectivity index (χ3n) is 2.21. The van der Waals surface area contributed by atoms with Gasteiger partial charge in [0.2, 0.25) is 0 Å². The molecule has 0 spiro atoms. The maximum atomic E-state index is 11.1. The molecule has 0 bridgehead atoms. The van der Waals surface area contributed by atoms with Crippen molar-refractivity contribution in [2.45, 2.75) is 19.8 Å². The van der Waals surface area contributed by atoms with Crippen molar-refractivity contribution >= 4 is 16.1 Å². The van der Waals surface area contributed by atoms with E-state index in [1.807, 2.05) is 6.92 Å². The summed E-state index contributed by atoms with van der Waals surface area (Å²) in [6.45, 7) is 6.14. The first kappa shape index (κ1) is 16.1. The van der Waals surface area contributed by atoms with Gasteiger partial charge >= 0.3 is 5.97 Å². The number of quaternary nitrogens is 1. The Bertz CT molecular complexity index is 365. The monoisotopic (exact) mass is 266 g/mol. The van der Waals surface area contributed by atoms with E-state index in [1.165, 1.54) is 0 Å². The van der Waals surface area contributed by atoms with Crippen LogP contribution in [0, 0.1) is 0 Å². The number of nitrogens with zero attached hydrogens (tertiary/aromatic N) is 1. The summed E-state index contributed by atoms with van der Waals surface area (Å²) in [6, 6.07) is 0. The van der Waals surface area contributed by atoms with E-state index >= 15 is 0 Å². The van der Waals surface area contributed by atoms with E-state index in [0.717, 1.165) is 12.5 Å². The van der Waals surface area contributed by atoms with Crippen LogP contribution in [-0.2, 0) is 19.8 Å².